The molecule has 20 heavy (non-hydrogen) atoms. The highest BCUT2D eigenvalue weighted by Crippen LogP contribution is 2.30. The first-order valence-electron chi connectivity index (χ1n) is 6.62. The molecule has 0 saturated carbocycles. The fraction of sp³-hybridized carbons (Fsp3) is 0.571. The maximum atomic E-state index is 13.6. The van der Waals surface area contributed by atoms with Gasteiger partial charge in [0.2, 0.25) is 0 Å². The molecular formula is C14H17F4NO. The lowest BCUT2D eigenvalue weighted by Gasteiger charge is -2.26. The van der Waals surface area contributed by atoms with Crippen molar-refractivity contribution in [3.63, 3.8) is 0 Å². The normalized spacial score (nSPS) is 17.4. The third-order valence-corrected chi connectivity index (χ3v) is 3.40. The zero-order chi connectivity index (χ0) is 14.6. The van der Waals surface area contributed by atoms with E-state index in [-0.39, 0.29) is 0 Å². The molecule has 0 unspecified atom stereocenters. The zero-order valence-electron chi connectivity index (χ0n) is 11.0. The van der Waals surface area contributed by atoms with Crippen LogP contribution in [0, 0.1) is 5.82 Å². The molecule has 1 aromatic rings. The van der Waals surface area contributed by atoms with Crippen molar-refractivity contribution >= 4 is 0 Å². The van der Waals surface area contributed by atoms with Gasteiger partial charge in [-0.25, -0.2) is 4.39 Å². The van der Waals surface area contributed by atoms with Crippen LogP contribution in [-0.2, 0) is 17.3 Å². The molecule has 0 amide bonds. The molecule has 1 aromatic carbocycles. The first-order chi connectivity index (χ1) is 9.47. The number of hydrogen-bond acceptors (Lipinski definition) is 2. The Kier molecular flexibility index (Phi) is 4.99. The number of halogens is 4. The molecule has 1 saturated heterocycles. The quantitative estimate of drug-likeness (QED) is 0.790. The molecule has 1 aliphatic rings. The van der Waals surface area contributed by atoms with E-state index in [2.05, 4.69) is 4.90 Å². The van der Waals surface area contributed by atoms with Gasteiger partial charge in [-0.2, -0.15) is 13.2 Å². The van der Waals surface area contributed by atoms with Crippen molar-refractivity contribution in [2.24, 2.45) is 0 Å². The summed E-state index contributed by atoms with van der Waals surface area (Å²) < 4.78 is 56.1. The second-order valence-corrected chi connectivity index (χ2v) is 4.86. The molecule has 2 nitrogen and oxygen atoms in total. The van der Waals surface area contributed by atoms with E-state index in [0.717, 1.165) is 32.1 Å². The third kappa shape index (κ3) is 4.18. The van der Waals surface area contributed by atoms with Crippen LogP contribution in [0.25, 0.3) is 0 Å². The average Bonchev–Trinajstić information content (AvgIpc) is 2.40. The third-order valence-electron chi connectivity index (χ3n) is 3.40. The van der Waals surface area contributed by atoms with Gasteiger partial charge in [0.1, 0.15) is 5.82 Å². The summed E-state index contributed by atoms with van der Waals surface area (Å²) in [5, 5.41) is 0. The zero-order valence-corrected chi connectivity index (χ0v) is 11.0. The summed E-state index contributed by atoms with van der Waals surface area (Å²) in [6.45, 7) is 3.93. The van der Waals surface area contributed by atoms with Crippen LogP contribution in [0.2, 0.25) is 0 Å². The summed E-state index contributed by atoms with van der Waals surface area (Å²) in [4.78, 5) is 2.21. The standard InChI is InChI=1S/C14H17F4NO/c15-13-10-12(14(16,17)18)4-3-11(13)2-1-5-19-6-8-20-9-7-19/h3-4,10H,1-2,5-9H2. The molecule has 1 fully saturated rings. The van der Waals surface area contributed by atoms with Crippen LogP contribution >= 0.6 is 0 Å². The van der Waals surface area contributed by atoms with Crippen LogP contribution in [-0.4, -0.2) is 37.7 Å². The minimum absolute atomic E-state index is 0.339. The smallest absolute Gasteiger partial charge is 0.379 e. The predicted molar refractivity (Wildman–Crippen MR) is 67.0 cm³/mol. The van der Waals surface area contributed by atoms with E-state index >= 15 is 0 Å². The number of hydrogen-bond donors (Lipinski definition) is 0. The number of morpholine rings is 1. The first-order valence-corrected chi connectivity index (χ1v) is 6.62. The monoisotopic (exact) mass is 291 g/mol. The Balaban J connectivity index is 1.86. The van der Waals surface area contributed by atoms with Crippen LogP contribution in [0.4, 0.5) is 17.6 Å². The number of ether oxygens (including phenoxy) is 1. The molecule has 1 heterocycles. The fourth-order valence-electron chi connectivity index (χ4n) is 2.24. The summed E-state index contributed by atoms with van der Waals surface area (Å²) in [5.74, 6) is -0.776. The predicted octanol–water partition coefficient (Wildman–Crippen LogP) is 3.11. The topological polar surface area (TPSA) is 12.5 Å². The van der Waals surface area contributed by atoms with Gasteiger partial charge in [0.25, 0.3) is 0 Å². The molecule has 0 aliphatic carbocycles. The molecule has 0 spiro atoms. The Morgan fingerprint density at radius 2 is 1.85 bits per heavy atom. The molecule has 6 heteroatoms. The van der Waals surface area contributed by atoms with E-state index in [4.69, 9.17) is 4.74 Å². The van der Waals surface area contributed by atoms with Crippen LogP contribution in [0.15, 0.2) is 18.2 Å². The van der Waals surface area contributed by atoms with Crippen molar-refractivity contribution in [2.45, 2.75) is 19.0 Å². The second kappa shape index (κ2) is 6.54. The van der Waals surface area contributed by atoms with Gasteiger partial charge in [-0.15, -0.1) is 0 Å². The van der Waals surface area contributed by atoms with Gasteiger partial charge in [0.05, 0.1) is 18.8 Å². The lowest BCUT2D eigenvalue weighted by Crippen LogP contribution is -2.36. The second-order valence-electron chi connectivity index (χ2n) is 4.86. The van der Waals surface area contributed by atoms with E-state index in [1.165, 1.54) is 6.07 Å². The number of alkyl halides is 3. The van der Waals surface area contributed by atoms with E-state index in [1.54, 1.807) is 0 Å². The Bertz CT molecular complexity index is 441. The molecule has 1 aliphatic heterocycles. The maximum absolute atomic E-state index is 13.6. The van der Waals surface area contributed by atoms with Crippen molar-refractivity contribution in [1.29, 1.82) is 0 Å². The van der Waals surface area contributed by atoms with Crippen molar-refractivity contribution in [1.82, 2.24) is 4.90 Å². The van der Waals surface area contributed by atoms with E-state index < -0.39 is 17.6 Å². The highest BCUT2D eigenvalue weighted by atomic mass is 19.4. The van der Waals surface area contributed by atoms with Crippen LogP contribution in [0.5, 0.6) is 0 Å². The Morgan fingerprint density at radius 3 is 2.45 bits per heavy atom. The number of benzene rings is 1. The molecule has 0 atom stereocenters. The van der Waals surface area contributed by atoms with Crippen molar-refractivity contribution < 1.29 is 22.3 Å². The van der Waals surface area contributed by atoms with E-state index in [9.17, 15) is 17.6 Å². The Hall–Kier alpha value is -1.14. The lowest BCUT2D eigenvalue weighted by atomic mass is 10.1. The summed E-state index contributed by atoms with van der Waals surface area (Å²) in [6.07, 6.45) is -3.32. The highest BCUT2D eigenvalue weighted by molar-refractivity contribution is 5.26. The minimum atomic E-state index is -4.49. The van der Waals surface area contributed by atoms with Crippen LogP contribution < -0.4 is 0 Å². The number of nitrogens with zero attached hydrogens (tertiary/aromatic N) is 1. The number of aryl methyl sites for hydroxylation is 1. The molecule has 0 bridgehead atoms. The molecular weight excluding hydrogens is 274 g/mol. The summed E-state index contributed by atoms with van der Waals surface area (Å²) in [6, 6.07) is 2.74. The SMILES string of the molecule is Fc1cc(C(F)(F)F)ccc1CCCN1CCOCC1. The van der Waals surface area contributed by atoms with Gasteiger partial charge in [-0.1, -0.05) is 6.07 Å². The van der Waals surface area contributed by atoms with Gasteiger partial charge >= 0.3 is 6.18 Å². The van der Waals surface area contributed by atoms with Gasteiger partial charge < -0.3 is 4.74 Å². The molecule has 0 N–H and O–H groups in total. The highest BCUT2D eigenvalue weighted by Gasteiger charge is 2.31. The van der Waals surface area contributed by atoms with Crippen molar-refractivity contribution in [3.05, 3.63) is 35.1 Å². The average molecular weight is 291 g/mol. The van der Waals surface area contributed by atoms with Gasteiger partial charge in [-0.3, -0.25) is 4.90 Å². The minimum Gasteiger partial charge on any atom is -0.379 e. The Morgan fingerprint density at radius 1 is 1.15 bits per heavy atom. The van der Waals surface area contributed by atoms with E-state index in [0.29, 0.717) is 31.3 Å². The number of rotatable bonds is 4. The summed E-state index contributed by atoms with van der Waals surface area (Å²) >= 11 is 0. The Labute approximate surface area is 115 Å². The maximum Gasteiger partial charge on any atom is 0.416 e. The molecule has 112 valence electrons. The van der Waals surface area contributed by atoms with Gasteiger partial charge in [0, 0.05) is 13.1 Å². The molecule has 0 aromatic heterocycles. The van der Waals surface area contributed by atoms with E-state index in [1.807, 2.05) is 0 Å². The largest absolute Gasteiger partial charge is 0.416 e. The van der Waals surface area contributed by atoms with Crippen LogP contribution in [0.1, 0.15) is 17.5 Å². The lowest BCUT2D eigenvalue weighted by molar-refractivity contribution is -0.137. The summed E-state index contributed by atoms with van der Waals surface area (Å²) in [5.41, 5.74) is -0.599. The summed E-state index contributed by atoms with van der Waals surface area (Å²) in [7, 11) is 0. The van der Waals surface area contributed by atoms with Crippen molar-refractivity contribution in [2.75, 3.05) is 32.8 Å². The van der Waals surface area contributed by atoms with Gasteiger partial charge in [0.15, 0.2) is 0 Å². The van der Waals surface area contributed by atoms with Gasteiger partial charge in [-0.05, 0) is 37.1 Å². The molecule has 0 radical (unpaired) electrons. The van der Waals surface area contributed by atoms with Crippen LogP contribution in [0.3, 0.4) is 0 Å². The first kappa shape index (κ1) is 15.3. The van der Waals surface area contributed by atoms with Crippen molar-refractivity contribution in [3.8, 4) is 0 Å². The molecule has 2 rings (SSSR count). The fourth-order valence-corrected chi connectivity index (χ4v) is 2.24.